The zero-order valence-electron chi connectivity index (χ0n) is 12.8. The van der Waals surface area contributed by atoms with Crippen LogP contribution >= 0.6 is 0 Å². The van der Waals surface area contributed by atoms with Crippen molar-refractivity contribution in [3.63, 3.8) is 0 Å². The number of methoxy groups -OCH3 is 1. The maximum absolute atomic E-state index is 12.2. The number of carbonyl (C=O) groups is 2. The Labute approximate surface area is 120 Å². The van der Waals surface area contributed by atoms with Crippen molar-refractivity contribution in [3.8, 4) is 0 Å². The molecular weight excluding hydrogens is 264 g/mol. The standard InChI is InChI=1S/C14H26O6/c1-5-8-14(12(16)19-6-2,13(17)20-7-3)9-11(15)10-18-4/h11,15H,5-10H2,1-4H3. The molecule has 0 rings (SSSR count). The summed E-state index contributed by atoms with van der Waals surface area (Å²) in [6.07, 6.45) is -0.130. The molecule has 0 fully saturated rings. The van der Waals surface area contributed by atoms with Crippen LogP contribution in [0.4, 0.5) is 0 Å². The van der Waals surface area contributed by atoms with Crippen molar-refractivity contribution in [1.29, 1.82) is 0 Å². The van der Waals surface area contributed by atoms with Gasteiger partial charge in [0.15, 0.2) is 5.41 Å². The van der Waals surface area contributed by atoms with Crippen molar-refractivity contribution in [1.82, 2.24) is 0 Å². The minimum atomic E-state index is -1.46. The van der Waals surface area contributed by atoms with E-state index in [0.29, 0.717) is 6.42 Å². The molecule has 0 aliphatic carbocycles. The predicted octanol–water partition coefficient (Wildman–Crippen LogP) is 1.30. The molecule has 0 spiro atoms. The molecule has 0 aromatic rings. The van der Waals surface area contributed by atoms with Crippen LogP contribution < -0.4 is 0 Å². The van der Waals surface area contributed by atoms with Crippen LogP contribution in [0, 0.1) is 5.41 Å². The second kappa shape index (κ2) is 9.72. The third kappa shape index (κ3) is 5.09. The molecule has 0 aromatic carbocycles. The molecule has 6 heteroatoms. The van der Waals surface area contributed by atoms with Crippen molar-refractivity contribution in [3.05, 3.63) is 0 Å². The van der Waals surface area contributed by atoms with E-state index < -0.39 is 23.5 Å². The van der Waals surface area contributed by atoms with Gasteiger partial charge in [-0.05, 0) is 20.3 Å². The van der Waals surface area contributed by atoms with Crippen molar-refractivity contribution in [2.75, 3.05) is 26.9 Å². The molecule has 1 N–H and O–H groups in total. The van der Waals surface area contributed by atoms with Crippen LogP contribution in [-0.2, 0) is 23.8 Å². The van der Waals surface area contributed by atoms with E-state index in [1.165, 1.54) is 7.11 Å². The van der Waals surface area contributed by atoms with E-state index in [1.807, 2.05) is 6.92 Å². The van der Waals surface area contributed by atoms with Gasteiger partial charge < -0.3 is 19.3 Å². The van der Waals surface area contributed by atoms with Crippen LogP contribution in [0.15, 0.2) is 0 Å². The predicted molar refractivity (Wildman–Crippen MR) is 73.1 cm³/mol. The van der Waals surface area contributed by atoms with Crippen LogP contribution in [0.25, 0.3) is 0 Å². The molecule has 0 aliphatic heterocycles. The SMILES string of the molecule is CCCC(CC(O)COC)(C(=O)OCC)C(=O)OCC. The second-order valence-electron chi connectivity index (χ2n) is 4.59. The first kappa shape index (κ1) is 18.9. The smallest absolute Gasteiger partial charge is 0.323 e. The molecule has 0 heterocycles. The first-order chi connectivity index (χ1) is 9.48. The van der Waals surface area contributed by atoms with Crippen LogP contribution in [-0.4, -0.2) is 50.1 Å². The molecule has 0 aromatic heterocycles. The molecule has 0 radical (unpaired) electrons. The molecule has 118 valence electrons. The number of ether oxygens (including phenoxy) is 3. The molecule has 0 aliphatic rings. The fraction of sp³-hybridized carbons (Fsp3) is 0.857. The Morgan fingerprint density at radius 2 is 1.60 bits per heavy atom. The van der Waals surface area contributed by atoms with E-state index in [-0.39, 0.29) is 32.7 Å². The summed E-state index contributed by atoms with van der Waals surface area (Å²) < 4.78 is 14.9. The first-order valence-electron chi connectivity index (χ1n) is 6.99. The number of aliphatic hydroxyl groups excluding tert-OH is 1. The van der Waals surface area contributed by atoms with Crippen LogP contribution in [0.3, 0.4) is 0 Å². The zero-order valence-corrected chi connectivity index (χ0v) is 12.8. The largest absolute Gasteiger partial charge is 0.465 e. The Morgan fingerprint density at radius 1 is 1.10 bits per heavy atom. The summed E-state index contributed by atoms with van der Waals surface area (Å²) in [5, 5.41) is 9.91. The molecule has 0 bridgehead atoms. The zero-order chi connectivity index (χ0) is 15.6. The highest BCUT2D eigenvalue weighted by atomic mass is 16.6. The van der Waals surface area contributed by atoms with E-state index in [4.69, 9.17) is 14.2 Å². The fourth-order valence-corrected chi connectivity index (χ4v) is 2.17. The second-order valence-corrected chi connectivity index (χ2v) is 4.59. The summed E-state index contributed by atoms with van der Waals surface area (Å²) in [5.74, 6) is -1.29. The number of esters is 2. The minimum Gasteiger partial charge on any atom is -0.465 e. The molecule has 0 amide bonds. The quantitative estimate of drug-likeness (QED) is 0.482. The van der Waals surface area contributed by atoms with Gasteiger partial charge in [0, 0.05) is 13.5 Å². The lowest BCUT2D eigenvalue weighted by Crippen LogP contribution is -2.45. The van der Waals surface area contributed by atoms with Crippen molar-refractivity contribution < 1.29 is 28.9 Å². The maximum Gasteiger partial charge on any atom is 0.323 e. The molecule has 0 saturated heterocycles. The topological polar surface area (TPSA) is 82.1 Å². The molecule has 1 unspecified atom stereocenters. The van der Waals surface area contributed by atoms with Gasteiger partial charge in [0.2, 0.25) is 0 Å². The van der Waals surface area contributed by atoms with Gasteiger partial charge in [-0.15, -0.1) is 0 Å². The monoisotopic (exact) mass is 290 g/mol. The normalized spacial score (nSPS) is 12.8. The van der Waals surface area contributed by atoms with Gasteiger partial charge in [-0.1, -0.05) is 13.3 Å². The Hall–Kier alpha value is -1.14. The van der Waals surface area contributed by atoms with Crippen LogP contribution in [0.2, 0.25) is 0 Å². The van der Waals surface area contributed by atoms with Gasteiger partial charge in [0.25, 0.3) is 0 Å². The third-order valence-corrected chi connectivity index (χ3v) is 2.95. The number of carbonyl (C=O) groups excluding carboxylic acids is 2. The van der Waals surface area contributed by atoms with Crippen LogP contribution in [0.5, 0.6) is 0 Å². The van der Waals surface area contributed by atoms with Gasteiger partial charge in [-0.25, -0.2) is 0 Å². The van der Waals surface area contributed by atoms with Crippen molar-refractivity contribution >= 4 is 11.9 Å². The molecule has 20 heavy (non-hydrogen) atoms. The molecular formula is C14H26O6. The summed E-state index contributed by atoms with van der Waals surface area (Å²) in [6.45, 7) is 5.59. The third-order valence-electron chi connectivity index (χ3n) is 2.95. The van der Waals surface area contributed by atoms with Crippen molar-refractivity contribution in [2.24, 2.45) is 5.41 Å². The Kier molecular flexibility index (Phi) is 9.16. The van der Waals surface area contributed by atoms with Gasteiger partial charge in [0.05, 0.1) is 25.9 Å². The summed E-state index contributed by atoms with van der Waals surface area (Å²) in [5.41, 5.74) is -1.46. The van der Waals surface area contributed by atoms with Gasteiger partial charge >= 0.3 is 11.9 Å². The summed E-state index contributed by atoms with van der Waals surface area (Å²) in [6, 6.07) is 0. The fourth-order valence-electron chi connectivity index (χ4n) is 2.17. The van der Waals surface area contributed by atoms with E-state index in [9.17, 15) is 14.7 Å². The number of hydrogen-bond donors (Lipinski definition) is 1. The van der Waals surface area contributed by atoms with Gasteiger partial charge in [-0.3, -0.25) is 9.59 Å². The van der Waals surface area contributed by atoms with Crippen molar-refractivity contribution in [2.45, 2.75) is 46.1 Å². The maximum atomic E-state index is 12.2. The van der Waals surface area contributed by atoms with E-state index in [0.717, 1.165) is 0 Å². The number of aliphatic hydroxyl groups is 1. The van der Waals surface area contributed by atoms with E-state index >= 15 is 0 Å². The Balaban J connectivity index is 5.30. The van der Waals surface area contributed by atoms with E-state index in [1.54, 1.807) is 13.8 Å². The summed E-state index contributed by atoms with van der Waals surface area (Å²) in [7, 11) is 1.44. The lowest BCUT2D eigenvalue weighted by Gasteiger charge is -2.30. The van der Waals surface area contributed by atoms with Crippen LogP contribution in [0.1, 0.15) is 40.0 Å². The Morgan fingerprint density at radius 3 is 1.95 bits per heavy atom. The molecule has 0 saturated carbocycles. The molecule has 6 nitrogen and oxygen atoms in total. The number of rotatable bonds is 10. The molecule has 1 atom stereocenters. The van der Waals surface area contributed by atoms with E-state index in [2.05, 4.69) is 0 Å². The highest BCUT2D eigenvalue weighted by molar-refractivity contribution is 6.00. The lowest BCUT2D eigenvalue weighted by atomic mass is 9.78. The summed E-state index contributed by atoms with van der Waals surface area (Å²) in [4.78, 5) is 24.5. The highest BCUT2D eigenvalue weighted by Gasteiger charge is 2.49. The first-order valence-corrected chi connectivity index (χ1v) is 6.99. The number of hydrogen-bond acceptors (Lipinski definition) is 6. The summed E-state index contributed by atoms with van der Waals surface area (Å²) >= 11 is 0. The average Bonchev–Trinajstić information content (AvgIpc) is 2.38. The Bertz CT molecular complexity index is 284. The average molecular weight is 290 g/mol. The van der Waals surface area contributed by atoms with Gasteiger partial charge in [-0.2, -0.15) is 0 Å². The van der Waals surface area contributed by atoms with Gasteiger partial charge in [0.1, 0.15) is 0 Å². The highest BCUT2D eigenvalue weighted by Crippen LogP contribution is 2.33. The minimum absolute atomic E-state index is 0.0459. The lowest BCUT2D eigenvalue weighted by molar-refractivity contribution is -0.176.